The molecule has 13 heteroatoms. The number of rotatable bonds is 11. The molecule has 1 aliphatic heterocycles. The van der Waals surface area contributed by atoms with Crippen molar-refractivity contribution in [3.05, 3.63) is 61.9 Å². The number of unbranched alkanes of at least 4 members (excludes halogenated alkanes) is 2. The summed E-state index contributed by atoms with van der Waals surface area (Å²) in [6, 6.07) is 11.4. The van der Waals surface area contributed by atoms with Gasteiger partial charge in [-0.15, -0.1) is 11.3 Å². The fourth-order valence-corrected chi connectivity index (χ4v) is 8.01. The van der Waals surface area contributed by atoms with Crippen LogP contribution in [0, 0.1) is 0 Å². The Morgan fingerprint density at radius 1 is 0.865 bits per heavy atom. The molecule has 0 spiro atoms. The zero-order chi connectivity index (χ0) is 26.8. The lowest BCUT2D eigenvalue weighted by Crippen LogP contribution is -2.19. The van der Waals surface area contributed by atoms with E-state index in [0.717, 1.165) is 36.1 Å². The van der Waals surface area contributed by atoms with Gasteiger partial charge in [0.1, 0.15) is 0 Å². The number of benzene rings is 2. The predicted molar refractivity (Wildman–Crippen MR) is 154 cm³/mol. The Hall–Kier alpha value is -1.31. The summed E-state index contributed by atoms with van der Waals surface area (Å²) in [5.41, 5.74) is 2.00. The van der Waals surface area contributed by atoms with Crippen molar-refractivity contribution in [2.45, 2.75) is 37.0 Å². The van der Waals surface area contributed by atoms with E-state index in [4.69, 9.17) is 32.3 Å². The molecular formula is C24H25Cl2NO6S4. The number of thiophene rings is 1. The molecule has 2 N–H and O–H groups in total. The predicted octanol–water partition coefficient (Wildman–Crippen LogP) is 7.00. The molecule has 1 aliphatic rings. The fraction of sp³-hybridized carbons (Fsp3) is 0.333. The second kappa shape index (κ2) is 11.8. The normalized spacial score (nSPS) is 15.1. The molecule has 0 saturated heterocycles. The van der Waals surface area contributed by atoms with Crippen LogP contribution in [0.1, 0.15) is 36.1 Å². The van der Waals surface area contributed by atoms with Gasteiger partial charge < -0.3 is 4.90 Å². The zero-order valence-electron chi connectivity index (χ0n) is 19.6. The van der Waals surface area contributed by atoms with Crippen LogP contribution in [0.3, 0.4) is 0 Å². The molecule has 0 radical (unpaired) electrons. The van der Waals surface area contributed by atoms with E-state index in [9.17, 15) is 16.8 Å². The molecule has 0 saturated carbocycles. The minimum Gasteiger partial charge on any atom is -0.335 e. The number of aryl methyl sites for hydroxylation is 1. The largest absolute Gasteiger partial charge is 0.335 e. The van der Waals surface area contributed by atoms with E-state index in [1.807, 2.05) is 36.4 Å². The van der Waals surface area contributed by atoms with Crippen molar-refractivity contribution in [1.82, 2.24) is 0 Å². The third kappa shape index (κ3) is 7.86. The fourth-order valence-electron chi connectivity index (χ4n) is 4.18. The quantitative estimate of drug-likeness (QED) is 0.174. The van der Waals surface area contributed by atoms with Crippen LogP contribution in [-0.4, -0.2) is 44.0 Å². The van der Waals surface area contributed by atoms with Crippen molar-refractivity contribution in [2.75, 3.05) is 23.0 Å². The van der Waals surface area contributed by atoms with E-state index >= 15 is 0 Å². The highest BCUT2D eigenvalue weighted by Crippen LogP contribution is 2.49. The second-order valence-corrected chi connectivity index (χ2v) is 14.8. The van der Waals surface area contributed by atoms with Crippen molar-refractivity contribution in [3.63, 3.8) is 0 Å². The van der Waals surface area contributed by atoms with Gasteiger partial charge in [-0.1, -0.05) is 35.0 Å². The monoisotopic (exact) mass is 621 g/mol. The topological polar surface area (TPSA) is 112 Å². The van der Waals surface area contributed by atoms with E-state index in [1.54, 1.807) is 23.1 Å². The van der Waals surface area contributed by atoms with Crippen molar-refractivity contribution in [1.29, 1.82) is 0 Å². The molecule has 2 heterocycles. The first-order chi connectivity index (χ1) is 17.4. The Balaban J connectivity index is 1.66. The molecule has 0 amide bonds. The number of nitrogens with zero attached hydrogens (tertiary/aromatic N) is 1. The van der Waals surface area contributed by atoms with Gasteiger partial charge in [0.2, 0.25) is 0 Å². The smallest absolute Gasteiger partial charge is 0.264 e. The van der Waals surface area contributed by atoms with Crippen molar-refractivity contribution in [2.24, 2.45) is 0 Å². The highest BCUT2D eigenvalue weighted by molar-refractivity contribution is 8.04. The van der Waals surface area contributed by atoms with Crippen LogP contribution in [0.4, 0.5) is 5.69 Å². The lowest BCUT2D eigenvalue weighted by Gasteiger charge is -2.20. The molecule has 1 aromatic heterocycles. The molecule has 0 atom stereocenters. The molecule has 7 nitrogen and oxygen atoms in total. The van der Waals surface area contributed by atoms with E-state index in [-0.39, 0.29) is 11.5 Å². The number of fused-ring (bicyclic) bond motifs is 2. The number of halogens is 2. The Morgan fingerprint density at radius 3 is 2.22 bits per heavy atom. The highest BCUT2D eigenvalue weighted by Gasteiger charge is 2.26. The van der Waals surface area contributed by atoms with Gasteiger partial charge in [-0.25, -0.2) is 0 Å². The lowest BCUT2D eigenvalue weighted by atomic mass is 10.0. The minimum atomic E-state index is -4.02. The average molecular weight is 623 g/mol. The van der Waals surface area contributed by atoms with Gasteiger partial charge in [0.15, 0.2) is 0 Å². The summed E-state index contributed by atoms with van der Waals surface area (Å²) in [4.78, 5) is 4.16. The van der Waals surface area contributed by atoms with Crippen LogP contribution >= 0.6 is 46.3 Å². The standard InChI is InChI=1S/C24H25Cl2NO6S4/c25-16-6-8-21-19(13-16)18(5-1-3-11-36(28,29)30)23(34-21)15-24-27(10-2-4-12-37(31,32)33)20-14-17(26)7-9-22(20)35-24/h6-9,13-15H,1-5,10-12H2,(H,28,29,30)(H,31,32,33). The Morgan fingerprint density at radius 2 is 1.51 bits per heavy atom. The van der Waals surface area contributed by atoms with Crippen LogP contribution < -0.4 is 4.90 Å². The second-order valence-electron chi connectivity index (χ2n) is 8.67. The molecular weight excluding hydrogens is 597 g/mol. The van der Waals surface area contributed by atoms with Crippen molar-refractivity contribution < 1.29 is 25.9 Å². The molecule has 0 bridgehead atoms. The number of hydrogen-bond acceptors (Lipinski definition) is 7. The molecule has 0 fully saturated rings. The maximum Gasteiger partial charge on any atom is 0.264 e. The average Bonchev–Trinajstić information content (AvgIpc) is 3.30. The first-order valence-electron chi connectivity index (χ1n) is 11.5. The summed E-state index contributed by atoms with van der Waals surface area (Å²) in [7, 11) is -8.03. The molecule has 3 aromatic rings. The molecule has 2 aromatic carbocycles. The van der Waals surface area contributed by atoms with Gasteiger partial charge in [-0.05, 0) is 85.5 Å². The van der Waals surface area contributed by atoms with Crippen LogP contribution in [0.5, 0.6) is 0 Å². The first kappa shape index (κ1) is 28.7. The Labute approximate surface area is 235 Å². The van der Waals surface area contributed by atoms with Gasteiger partial charge in [0, 0.05) is 31.1 Å². The van der Waals surface area contributed by atoms with Crippen LogP contribution in [0.2, 0.25) is 10.0 Å². The molecule has 4 rings (SSSR count). The third-order valence-corrected chi connectivity index (χ3v) is 10.2. The lowest BCUT2D eigenvalue weighted by molar-refractivity contribution is 0.478. The van der Waals surface area contributed by atoms with Gasteiger partial charge in [0.05, 0.1) is 22.2 Å². The summed E-state index contributed by atoms with van der Waals surface area (Å²) in [6.07, 6.45) is 4.50. The van der Waals surface area contributed by atoms with E-state index in [2.05, 4.69) is 11.0 Å². The number of thioether (sulfide) groups is 1. The van der Waals surface area contributed by atoms with Crippen molar-refractivity contribution in [3.8, 4) is 0 Å². The first-order valence-corrected chi connectivity index (χ1v) is 17.1. The van der Waals surface area contributed by atoms with Crippen LogP contribution in [0.15, 0.2) is 46.3 Å². The summed E-state index contributed by atoms with van der Waals surface area (Å²) in [5, 5.41) is 3.18. The number of anilines is 1. The Kier molecular flexibility index (Phi) is 9.17. The van der Waals surface area contributed by atoms with E-state index < -0.39 is 20.2 Å². The van der Waals surface area contributed by atoms with Crippen molar-refractivity contribution >= 4 is 88.4 Å². The van der Waals surface area contributed by atoms with Gasteiger partial charge >= 0.3 is 0 Å². The molecule has 37 heavy (non-hydrogen) atoms. The van der Waals surface area contributed by atoms with Gasteiger partial charge in [-0.3, -0.25) is 9.11 Å². The van der Waals surface area contributed by atoms with E-state index in [0.29, 0.717) is 48.7 Å². The third-order valence-electron chi connectivity index (χ3n) is 5.84. The van der Waals surface area contributed by atoms with E-state index in [1.165, 1.54) is 0 Å². The highest BCUT2D eigenvalue weighted by atomic mass is 35.5. The minimum absolute atomic E-state index is 0.282. The number of hydrogen-bond donors (Lipinski definition) is 2. The summed E-state index contributed by atoms with van der Waals surface area (Å²) >= 11 is 15.8. The molecule has 0 aliphatic carbocycles. The summed E-state index contributed by atoms with van der Waals surface area (Å²) in [5.74, 6) is -0.574. The maximum absolute atomic E-state index is 11.1. The molecule has 200 valence electrons. The molecule has 0 unspecified atom stereocenters. The maximum atomic E-state index is 11.1. The van der Waals surface area contributed by atoms with Gasteiger partial charge in [0.25, 0.3) is 20.2 Å². The summed E-state index contributed by atoms with van der Waals surface area (Å²) in [6.45, 7) is 0.544. The van der Waals surface area contributed by atoms with Gasteiger partial charge in [-0.2, -0.15) is 16.8 Å². The van der Waals surface area contributed by atoms with Crippen LogP contribution in [0.25, 0.3) is 16.2 Å². The van der Waals surface area contributed by atoms with Crippen LogP contribution in [-0.2, 0) is 26.7 Å². The summed E-state index contributed by atoms with van der Waals surface area (Å²) < 4.78 is 63.8. The zero-order valence-corrected chi connectivity index (χ0v) is 24.3. The Bertz CT molecular complexity index is 1550. The SMILES string of the molecule is O=S(=O)(O)CCCCc1c(C=C2Sc3ccc(Cl)cc3N2CCCCS(=O)(=O)O)sc2ccc(Cl)cc12.